The van der Waals surface area contributed by atoms with Gasteiger partial charge in [-0.2, -0.15) is 0 Å². The highest BCUT2D eigenvalue weighted by Gasteiger charge is 2.12. The summed E-state index contributed by atoms with van der Waals surface area (Å²) < 4.78 is 5.17. The molecule has 17 heavy (non-hydrogen) atoms. The van der Waals surface area contributed by atoms with E-state index >= 15 is 0 Å². The summed E-state index contributed by atoms with van der Waals surface area (Å²) in [6, 6.07) is 3.70. The summed E-state index contributed by atoms with van der Waals surface area (Å²) in [5.41, 5.74) is 2.07. The second kappa shape index (κ2) is 5.92. The number of aryl methyl sites for hydroxylation is 1. The lowest BCUT2D eigenvalue weighted by molar-refractivity contribution is -0.136. The third-order valence-corrected chi connectivity index (χ3v) is 2.94. The van der Waals surface area contributed by atoms with Crippen LogP contribution in [0.2, 0.25) is 5.02 Å². The molecule has 0 aliphatic heterocycles. The maximum absolute atomic E-state index is 10.6. The van der Waals surface area contributed by atoms with Gasteiger partial charge in [0.05, 0.1) is 12.1 Å². The van der Waals surface area contributed by atoms with E-state index in [0.717, 1.165) is 11.1 Å². The highest BCUT2D eigenvalue weighted by Crippen LogP contribution is 2.32. The molecule has 0 aliphatic carbocycles. The average molecular weight is 257 g/mol. The Hall–Kier alpha value is -1.22. The van der Waals surface area contributed by atoms with Gasteiger partial charge in [0, 0.05) is 6.42 Å². The van der Waals surface area contributed by atoms with E-state index in [0.29, 0.717) is 23.1 Å². The molecule has 0 unspecified atom stereocenters. The normalized spacial score (nSPS) is 10.6. The molecule has 3 nitrogen and oxygen atoms in total. The number of hydrogen-bond acceptors (Lipinski definition) is 2. The zero-order valence-electron chi connectivity index (χ0n) is 10.3. The molecule has 0 radical (unpaired) electrons. The van der Waals surface area contributed by atoms with Crippen molar-refractivity contribution in [1.29, 1.82) is 0 Å². The van der Waals surface area contributed by atoms with Crippen LogP contribution in [0.1, 0.15) is 37.3 Å². The number of ether oxygens (including phenoxy) is 1. The van der Waals surface area contributed by atoms with Crippen molar-refractivity contribution in [1.82, 2.24) is 0 Å². The van der Waals surface area contributed by atoms with E-state index in [1.54, 1.807) is 13.2 Å². The van der Waals surface area contributed by atoms with Crippen LogP contribution in [0.15, 0.2) is 12.1 Å². The maximum Gasteiger partial charge on any atom is 0.303 e. The molecule has 1 aromatic carbocycles. The van der Waals surface area contributed by atoms with Crippen molar-refractivity contribution >= 4 is 17.6 Å². The smallest absolute Gasteiger partial charge is 0.303 e. The first-order chi connectivity index (χ1) is 7.95. The monoisotopic (exact) mass is 256 g/mol. The number of hydrogen-bond donors (Lipinski definition) is 1. The summed E-state index contributed by atoms with van der Waals surface area (Å²) in [6.45, 7) is 4.12. The Morgan fingerprint density at radius 3 is 2.59 bits per heavy atom. The van der Waals surface area contributed by atoms with Gasteiger partial charge in [-0.25, -0.2) is 0 Å². The van der Waals surface area contributed by atoms with Gasteiger partial charge in [0.25, 0.3) is 0 Å². The summed E-state index contributed by atoms with van der Waals surface area (Å²) in [5, 5.41) is 9.24. The van der Waals surface area contributed by atoms with Gasteiger partial charge >= 0.3 is 5.97 Å². The van der Waals surface area contributed by atoms with Gasteiger partial charge in [0.1, 0.15) is 5.75 Å². The van der Waals surface area contributed by atoms with Gasteiger partial charge in [0.2, 0.25) is 0 Å². The van der Waals surface area contributed by atoms with Gasteiger partial charge < -0.3 is 9.84 Å². The van der Waals surface area contributed by atoms with E-state index in [1.807, 2.05) is 6.07 Å². The average Bonchev–Trinajstić information content (AvgIpc) is 2.25. The fourth-order valence-corrected chi connectivity index (χ4v) is 2.03. The minimum atomic E-state index is -0.799. The van der Waals surface area contributed by atoms with Crippen molar-refractivity contribution in [3.05, 3.63) is 28.3 Å². The molecule has 0 spiro atoms. The van der Waals surface area contributed by atoms with E-state index in [4.69, 9.17) is 21.4 Å². The van der Waals surface area contributed by atoms with E-state index in [9.17, 15) is 4.79 Å². The van der Waals surface area contributed by atoms with Gasteiger partial charge in [-0.15, -0.1) is 0 Å². The summed E-state index contributed by atoms with van der Waals surface area (Å²) >= 11 is 6.05. The molecule has 4 heteroatoms. The van der Waals surface area contributed by atoms with Crippen molar-refractivity contribution in [2.24, 2.45) is 0 Å². The molecule has 0 atom stereocenters. The lowest BCUT2D eigenvalue weighted by Gasteiger charge is -2.15. The molecule has 0 aliphatic rings. The largest absolute Gasteiger partial charge is 0.495 e. The van der Waals surface area contributed by atoms with E-state index < -0.39 is 5.97 Å². The predicted octanol–water partition coefficient (Wildman–Crippen LogP) is 3.49. The highest BCUT2D eigenvalue weighted by molar-refractivity contribution is 6.32. The third kappa shape index (κ3) is 3.63. The summed E-state index contributed by atoms with van der Waals surface area (Å²) in [4.78, 5) is 10.6. The van der Waals surface area contributed by atoms with Crippen LogP contribution in [0.25, 0.3) is 0 Å². The molecule has 0 heterocycles. The molecule has 1 N–H and O–H groups in total. The van der Waals surface area contributed by atoms with Gasteiger partial charge in [-0.3, -0.25) is 4.79 Å². The first-order valence-electron chi connectivity index (χ1n) is 5.53. The fraction of sp³-hybridized carbons (Fsp3) is 0.462. The van der Waals surface area contributed by atoms with E-state index in [-0.39, 0.29) is 6.42 Å². The Labute approximate surface area is 106 Å². The maximum atomic E-state index is 10.6. The van der Waals surface area contributed by atoms with Crippen LogP contribution in [-0.4, -0.2) is 18.2 Å². The molecule has 0 aromatic heterocycles. The number of carboxylic acid groups (broad SMARTS) is 1. The molecule has 0 bridgehead atoms. The lowest BCUT2D eigenvalue weighted by atomic mass is 9.94. The molecule has 0 saturated carbocycles. The summed E-state index contributed by atoms with van der Waals surface area (Å²) in [5.74, 6) is 0.144. The Morgan fingerprint density at radius 1 is 1.47 bits per heavy atom. The second-order valence-corrected chi connectivity index (χ2v) is 4.64. The topological polar surface area (TPSA) is 46.5 Å². The van der Waals surface area contributed by atoms with E-state index in [2.05, 4.69) is 13.8 Å². The van der Waals surface area contributed by atoms with Gasteiger partial charge in [-0.1, -0.05) is 25.4 Å². The molecule has 1 aromatic rings. The molecule has 94 valence electrons. The third-order valence-electron chi connectivity index (χ3n) is 2.64. The first kappa shape index (κ1) is 13.8. The predicted molar refractivity (Wildman–Crippen MR) is 68.0 cm³/mol. The Morgan fingerprint density at radius 2 is 2.12 bits per heavy atom. The Kier molecular flexibility index (Phi) is 4.82. The standard InChI is InChI=1S/C13H17ClO3/c1-8(2)10-7-12(17-3)11(14)6-9(10)4-5-13(15)16/h6-8H,4-5H2,1-3H3,(H,15,16). The number of carboxylic acids is 1. The van der Waals surface area contributed by atoms with Crippen molar-refractivity contribution in [3.63, 3.8) is 0 Å². The van der Waals surface area contributed by atoms with Crippen LogP contribution in [-0.2, 0) is 11.2 Å². The SMILES string of the molecule is COc1cc(C(C)C)c(CCC(=O)O)cc1Cl. The van der Waals surface area contributed by atoms with Crippen LogP contribution in [0.3, 0.4) is 0 Å². The van der Waals surface area contributed by atoms with Crippen molar-refractivity contribution in [2.45, 2.75) is 32.6 Å². The zero-order chi connectivity index (χ0) is 13.0. The van der Waals surface area contributed by atoms with Crippen LogP contribution >= 0.6 is 11.6 Å². The van der Waals surface area contributed by atoms with Gasteiger partial charge in [0.15, 0.2) is 0 Å². The fourth-order valence-electron chi connectivity index (χ4n) is 1.76. The lowest BCUT2D eigenvalue weighted by Crippen LogP contribution is -2.02. The Balaban J connectivity index is 3.09. The van der Waals surface area contributed by atoms with E-state index in [1.165, 1.54) is 0 Å². The van der Waals surface area contributed by atoms with Crippen LogP contribution in [0.5, 0.6) is 5.75 Å². The molecule has 0 amide bonds. The van der Waals surface area contributed by atoms with Crippen molar-refractivity contribution in [2.75, 3.05) is 7.11 Å². The molecule has 1 rings (SSSR count). The summed E-state index contributed by atoms with van der Waals surface area (Å²) in [6.07, 6.45) is 0.606. The first-order valence-corrected chi connectivity index (χ1v) is 5.91. The van der Waals surface area contributed by atoms with Crippen molar-refractivity contribution in [3.8, 4) is 5.75 Å². The quantitative estimate of drug-likeness (QED) is 0.877. The molecular weight excluding hydrogens is 240 g/mol. The number of methoxy groups -OCH3 is 1. The molecular formula is C13H17ClO3. The Bertz CT molecular complexity index is 413. The number of rotatable bonds is 5. The van der Waals surface area contributed by atoms with Gasteiger partial charge in [-0.05, 0) is 35.6 Å². The molecule has 0 fully saturated rings. The van der Waals surface area contributed by atoms with Crippen LogP contribution < -0.4 is 4.74 Å². The summed E-state index contributed by atoms with van der Waals surface area (Å²) in [7, 11) is 1.57. The number of halogens is 1. The second-order valence-electron chi connectivity index (χ2n) is 4.23. The number of benzene rings is 1. The minimum Gasteiger partial charge on any atom is -0.495 e. The van der Waals surface area contributed by atoms with Crippen LogP contribution in [0.4, 0.5) is 0 Å². The highest BCUT2D eigenvalue weighted by atomic mass is 35.5. The number of carbonyl (C=O) groups is 1. The van der Waals surface area contributed by atoms with Crippen molar-refractivity contribution < 1.29 is 14.6 Å². The molecule has 0 saturated heterocycles. The van der Waals surface area contributed by atoms with Crippen LogP contribution in [0, 0.1) is 0 Å². The zero-order valence-corrected chi connectivity index (χ0v) is 11.0. The number of aliphatic carboxylic acids is 1. The minimum absolute atomic E-state index is 0.113.